The van der Waals surface area contributed by atoms with Gasteiger partial charge < -0.3 is 9.47 Å². The van der Waals surface area contributed by atoms with Gasteiger partial charge >= 0.3 is 0 Å². The number of ether oxygens (including phenoxy) is 2. The Morgan fingerprint density at radius 1 is 1.06 bits per heavy atom. The van der Waals surface area contributed by atoms with Crippen LogP contribution in [-0.4, -0.2) is 13.2 Å². The Bertz CT molecular complexity index is 375. The average molecular weight is 218 g/mol. The van der Waals surface area contributed by atoms with Crippen LogP contribution in [0.3, 0.4) is 0 Å². The molecule has 3 atom stereocenters. The summed E-state index contributed by atoms with van der Waals surface area (Å²) < 4.78 is 11.4. The molecule has 2 heteroatoms. The van der Waals surface area contributed by atoms with E-state index in [1.165, 1.54) is 25.7 Å². The van der Waals surface area contributed by atoms with Crippen LogP contribution in [-0.2, 0) is 0 Å². The van der Waals surface area contributed by atoms with Gasteiger partial charge in [0.25, 0.3) is 0 Å². The molecule has 2 unspecified atom stereocenters. The lowest BCUT2D eigenvalue weighted by molar-refractivity contribution is 0.133. The van der Waals surface area contributed by atoms with Crippen LogP contribution in [0.5, 0.6) is 11.5 Å². The molecule has 0 radical (unpaired) electrons. The summed E-state index contributed by atoms with van der Waals surface area (Å²) in [6, 6.07) is 7.95. The lowest BCUT2D eigenvalue weighted by atomic mass is 9.98. The predicted octanol–water partition coefficient (Wildman–Crippen LogP) is 3.26. The molecule has 0 amide bonds. The van der Waals surface area contributed by atoms with Gasteiger partial charge in [0.2, 0.25) is 0 Å². The summed E-state index contributed by atoms with van der Waals surface area (Å²) in [7, 11) is 1.70. The highest BCUT2D eigenvalue weighted by molar-refractivity contribution is 5.39. The smallest absolute Gasteiger partial charge is 0.161 e. The van der Waals surface area contributed by atoms with Crippen molar-refractivity contribution in [3.05, 3.63) is 24.3 Å². The molecule has 2 aliphatic carbocycles. The molecule has 16 heavy (non-hydrogen) atoms. The van der Waals surface area contributed by atoms with E-state index in [-0.39, 0.29) is 0 Å². The third-order valence-electron chi connectivity index (χ3n) is 4.02. The first-order valence-electron chi connectivity index (χ1n) is 6.16. The van der Waals surface area contributed by atoms with Crippen LogP contribution in [0.1, 0.15) is 25.7 Å². The second kappa shape index (κ2) is 4.00. The standard InChI is InChI=1S/C14H18O2/c1-15-12-4-2-3-5-13(12)16-14-9-10-6-7-11(14)8-10/h2-5,10-11,14H,6-9H2,1H3/t10?,11?,14-/m0/s1. The van der Waals surface area contributed by atoms with Crippen LogP contribution in [0.2, 0.25) is 0 Å². The third-order valence-corrected chi connectivity index (χ3v) is 4.02. The molecule has 0 N–H and O–H groups in total. The molecule has 86 valence electrons. The van der Waals surface area contributed by atoms with E-state index in [0.29, 0.717) is 6.10 Å². The molecular weight excluding hydrogens is 200 g/mol. The van der Waals surface area contributed by atoms with Crippen LogP contribution in [0, 0.1) is 11.8 Å². The third kappa shape index (κ3) is 1.66. The van der Waals surface area contributed by atoms with Crippen molar-refractivity contribution in [1.29, 1.82) is 0 Å². The van der Waals surface area contributed by atoms with Gasteiger partial charge in [0, 0.05) is 0 Å². The highest BCUT2D eigenvalue weighted by Crippen LogP contribution is 2.46. The number of para-hydroxylation sites is 2. The minimum Gasteiger partial charge on any atom is -0.493 e. The summed E-state index contributed by atoms with van der Waals surface area (Å²) in [4.78, 5) is 0. The number of methoxy groups -OCH3 is 1. The van der Waals surface area contributed by atoms with Crippen molar-refractivity contribution in [1.82, 2.24) is 0 Å². The quantitative estimate of drug-likeness (QED) is 0.775. The molecule has 0 heterocycles. The zero-order valence-electron chi connectivity index (χ0n) is 9.69. The lowest BCUT2D eigenvalue weighted by Crippen LogP contribution is -2.23. The van der Waals surface area contributed by atoms with Crippen LogP contribution in [0.15, 0.2) is 24.3 Å². The van der Waals surface area contributed by atoms with Gasteiger partial charge in [0.1, 0.15) is 6.10 Å². The lowest BCUT2D eigenvalue weighted by Gasteiger charge is -2.23. The highest BCUT2D eigenvalue weighted by Gasteiger charge is 2.41. The molecule has 0 saturated heterocycles. The van der Waals surface area contributed by atoms with Gasteiger partial charge in [0.15, 0.2) is 11.5 Å². The van der Waals surface area contributed by atoms with Gasteiger partial charge in [0.05, 0.1) is 7.11 Å². The number of hydrogen-bond donors (Lipinski definition) is 0. The molecule has 3 rings (SSSR count). The van der Waals surface area contributed by atoms with E-state index in [1.54, 1.807) is 7.11 Å². The molecule has 1 aromatic carbocycles. The molecule has 2 saturated carbocycles. The van der Waals surface area contributed by atoms with Gasteiger partial charge in [-0.3, -0.25) is 0 Å². The molecule has 0 aromatic heterocycles. The number of benzene rings is 1. The Labute approximate surface area is 96.6 Å². The Morgan fingerprint density at radius 3 is 2.50 bits per heavy atom. The molecule has 2 fully saturated rings. The minimum absolute atomic E-state index is 0.426. The SMILES string of the molecule is COc1ccccc1O[C@H]1CC2CCC1C2. The zero-order valence-corrected chi connectivity index (χ0v) is 9.69. The van der Waals surface area contributed by atoms with Crippen molar-refractivity contribution in [2.75, 3.05) is 7.11 Å². The highest BCUT2D eigenvalue weighted by atomic mass is 16.5. The number of hydrogen-bond acceptors (Lipinski definition) is 2. The Kier molecular flexibility index (Phi) is 2.50. The van der Waals surface area contributed by atoms with Crippen LogP contribution < -0.4 is 9.47 Å². The summed E-state index contributed by atoms with van der Waals surface area (Å²) in [6.07, 6.45) is 5.80. The number of fused-ring (bicyclic) bond motifs is 2. The molecule has 2 aliphatic rings. The maximum Gasteiger partial charge on any atom is 0.161 e. The minimum atomic E-state index is 0.426. The molecule has 0 aliphatic heterocycles. The van der Waals surface area contributed by atoms with Crippen molar-refractivity contribution >= 4 is 0 Å². The van der Waals surface area contributed by atoms with E-state index in [9.17, 15) is 0 Å². The van der Waals surface area contributed by atoms with Crippen molar-refractivity contribution in [3.8, 4) is 11.5 Å². The summed E-state index contributed by atoms with van der Waals surface area (Å²) in [6.45, 7) is 0. The monoisotopic (exact) mass is 218 g/mol. The Morgan fingerprint density at radius 2 is 1.88 bits per heavy atom. The second-order valence-corrected chi connectivity index (χ2v) is 4.98. The van der Waals surface area contributed by atoms with Crippen molar-refractivity contribution < 1.29 is 9.47 Å². The largest absolute Gasteiger partial charge is 0.493 e. The molecule has 1 aromatic rings. The fraction of sp³-hybridized carbons (Fsp3) is 0.571. The van der Waals surface area contributed by atoms with Gasteiger partial charge in [-0.25, -0.2) is 0 Å². The summed E-state index contributed by atoms with van der Waals surface area (Å²) in [5.41, 5.74) is 0. The maximum absolute atomic E-state index is 6.11. The van der Waals surface area contributed by atoms with Crippen molar-refractivity contribution in [3.63, 3.8) is 0 Å². The fourth-order valence-corrected chi connectivity index (χ4v) is 3.21. The molecule has 0 spiro atoms. The normalized spacial score (nSPS) is 31.7. The average Bonchev–Trinajstić information content (AvgIpc) is 2.92. The van der Waals surface area contributed by atoms with E-state index < -0.39 is 0 Å². The van der Waals surface area contributed by atoms with E-state index in [4.69, 9.17) is 9.47 Å². The Balaban J connectivity index is 1.74. The second-order valence-electron chi connectivity index (χ2n) is 4.98. The predicted molar refractivity (Wildman–Crippen MR) is 62.9 cm³/mol. The van der Waals surface area contributed by atoms with Crippen LogP contribution in [0.25, 0.3) is 0 Å². The summed E-state index contributed by atoms with van der Waals surface area (Å²) >= 11 is 0. The van der Waals surface area contributed by atoms with E-state index in [2.05, 4.69) is 0 Å². The molecule has 2 nitrogen and oxygen atoms in total. The van der Waals surface area contributed by atoms with E-state index >= 15 is 0 Å². The molecular formula is C14H18O2. The summed E-state index contributed by atoms with van der Waals surface area (Å²) in [5.74, 6) is 3.47. The first-order chi connectivity index (χ1) is 7.86. The van der Waals surface area contributed by atoms with Crippen molar-refractivity contribution in [2.24, 2.45) is 11.8 Å². The summed E-state index contributed by atoms with van der Waals surface area (Å²) in [5, 5.41) is 0. The van der Waals surface area contributed by atoms with Gasteiger partial charge in [-0.2, -0.15) is 0 Å². The van der Waals surface area contributed by atoms with Gasteiger partial charge in [-0.15, -0.1) is 0 Å². The zero-order chi connectivity index (χ0) is 11.0. The van der Waals surface area contributed by atoms with Crippen LogP contribution >= 0.6 is 0 Å². The van der Waals surface area contributed by atoms with Gasteiger partial charge in [-0.1, -0.05) is 12.1 Å². The van der Waals surface area contributed by atoms with Crippen molar-refractivity contribution in [2.45, 2.75) is 31.8 Å². The van der Waals surface area contributed by atoms with Gasteiger partial charge in [-0.05, 0) is 49.7 Å². The topological polar surface area (TPSA) is 18.5 Å². The maximum atomic E-state index is 6.11. The first kappa shape index (κ1) is 10.0. The Hall–Kier alpha value is -1.18. The first-order valence-corrected chi connectivity index (χ1v) is 6.16. The fourth-order valence-electron chi connectivity index (χ4n) is 3.21. The number of rotatable bonds is 3. The van der Waals surface area contributed by atoms with E-state index in [0.717, 1.165) is 23.3 Å². The molecule has 2 bridgehead atoms. The van der Waals surface area contributed by atoms with E-state index in [1.807, 2.05) is 24.3 Å². The van der Waals surface area contributed by atoms with Crippen LogP contribution in [0.4, 0.5) is 0 Å².